The molecular weight excluding hydrogens is 214 g/mol. The lowest BCUT2D eigenvalue weighted by atomic mass is 10.4. The van der Waals surface area contributed by atoms with Gasteiger partial charge in [-0.25, -0.2) is 4.79 Å². The predicted octanol–water partition coefficient (Wildman–Crippen LogP) is 1.51. The highest BCUT2D eigenvalue weighted by atomic mass is 32.1. The topological polar surface area (TPSA) is 46.6 Å². The maximum Gasteiger partial charge on any atom is 0.348 e. The van der Waals surface area contributed by atoms with Crippen molar-refractivity contribution in [2.45, 2.75) is 13.5 Å². The van der Waals surface area contributed by atoms with Crippen molar-refractivity contribution in [1.82, 2.24) is 4.90 Å². The van der Waals surface area contributed by atoms with E-state index in [2.05, 4.69) is 4.74 Å². The molecule has 1 aromatic heterocycles. The summed E-state index contributed by atoms with van der Waals surface area (Å²) < 4.78 is 4.59. The maximum atomic E-state index is 11.2. The fourth-order valence-electron chi connectivity index (χ4n) is 1.02. The number of methoxy groups -OCH3 is 1. The Balaban J connectivity index is 2.68. The molecule has 1 aromatic rings. The number of carbonyl (C=O) groups excluding carboxylic acids is 2. The predicted molar refractivity (Wildman–Crippen MR) is 57.8 cm³/mol. The third kappa shape index (κ3) is 3.06. The Kier molecular flexibility index (Phi) is 3.85. The summed E-state index contributed by atoms with van der Waals surface area (Å²) in [5.41, 5.74) is 0. The van der Waals surface area contributed by atoms with Gasteiger partial charge in [-0.3, -0.25) is 4.79 Å². The van der Waals surface area contributed by atoms with Crippen LogP contribution < -0.4 is 0 Å². The van der Waals surface area contributed by atoms with Crippen LogP contribution in [0.4, 0.5) is 0 Å². The normalized spacial score (nSPS) is 9.80. The molecule has 0 aliphatic heterocycles. The van der Waals surface area contributed by atoms with Gasteiger partial charge in [0.05, 0.1) is 13.7 Å². The summed E-state index contributed by atoms with van der Waals surface area (Å²) >= 11 is 1.34. The SMILES string of the molecule is COC(=O)c1ccc(CN(C)C(C)=O)s1. The van der Waals surface area contributed by atoms with Gasteiger partial charge >= 0.3 is 5.97 Å². The molecule has 0 atom stereocenters. The van der Waals surface area contributed by atoms with Gasteiger partial charge in [0.1, 0.15) is 4.88 Å². The first-order chi connectivity index (χ1) is 7.04. The summed E-state index contributed by atoms with van der Waals surface area (Å²) in [4.78, 5) is 25.3. The third-order valence-corrected chi connectivity index (χ3v) is 3.03. The van der Waals surface area contributed by atoms with E-state index in [1.807, 2.05) is 6.07 Å². The maximum absolute atomic E-state index is 11.2. The Labute approximate surface area is 92.5 Å². The lowest BCUT2D eigenvalue weighted by Crippen LogP contribution is -2.22. The molecule has 0 radical (unpaired) electrons. The molecule has 0 aliphatic rings. The molecule has 0 bridgehead atoms. The summed E-state index contributed by atoms with van der Waals surface area (Å²) in [5, 5.41) is 0. The molecule has 5 heteroatoms. The van der Waals surface area contributed by atoms with Crippen molar-refractivity contribution in [3.05, 3.63) is 21.9 Å². The van der Waals surface area contributed by atoms with Crippen LogP contribution in [0.2, 0.25) is 0 Å². The number of rotatable bonds is 3. The highest BCUT2D eigenvalue weighted by Gasteiger charge is 2.10. The number of hydrogen-bond acceptors (Lipinski definition) is 4. The Morgan fingerprint density at radius 2 is 2.13 bits per heavy atom. The molecule has 0 N–H and O–H groups in total. The summed E-state index contributed by atoms with van der Waals surface area (Å²) in [6.45, 7) is 2.03. The first-order valence-corrected chi connectivity index (χ1v) is 5.25. The van der Waals surface area contributed by atoms with Gasteiger partial charge in [-0.05, 0) is 12.1 Å². The van der Waals surface area contributed by atoms with E-state index in [0.29, 0.717) is 11.4 Å². The van der Waals surface area contributed by atoms with Gasteiger partial charge in [-0.15, -0.1) is 11.3 Å². The average molecular weight is 227 g/mol. The second-order valence-corrected chi connectivity index (χ2v) is 4.30. The fourth-order valence-corrected chi connectivity index (χ4v) is 2.00. The van der Waals surface area contributed by atoms with Gasteiger partial charge in [0, 0.05) is 18.8 Å². The molecule has 4 nitrogen and oxygen atoms in total. The number of thiophene rings is 1. The van der Waals surface area contributed by atoms with E-state index in [0.717, 1.165) is 4.88 Å². The zero-order valence-corrected chi connectivity index (χ0v) is 9.76. The van der Waals surface area contributed by atoms with Gasteiger partial charge in [0.2, 0.25) is 5.91 Å². The van der Waals surface area contributed by atoms with E-state index in [1.165, 1.54) is 25.4 Å². The number of amides is 1. The number of carbonyl (C=O) groups is 2. The van der Waals surface area contributed by atoms with Crippen molar-refractivity contribution in [1.29, 1.82) is 0 Å². The highest BCUT2D eigenvalue weighted by Crippen LogP contribution is 2.18. The van der Waals surface area contributed by atoms with Gasteiger partial charge in [0.25, 0.3) is 0 Å². The molecule has 0 aromatic carbocycles. The average Bonchev–Trinajstić information content (AvgIpc) is 2.65. The minimum absolute atomic E-state index is 0.00279. The molecule has 0 fully saturated rings. The minimum atomic E-state index is -0.336. The zero-order valence-electron chi connectivity index (χ0n) is 8.94. The van der Waals surface area contributed by atoms with E-state index < -0.39 is 0 Å². The third-order valence-electron chi connectivity index (χ3n) is 1.98. The molecule has 1 rings (SSSR count). The van der Waals surface area contributed by atoms with Crippen LogP contribution in [0.1, 0.15) is 21.5 Å². The smallest absolute Gasteiger partial charge is 0.348 e. The first kappa shape index (κ1) is 11.7. The second kappa shape index (κ2) is 4.93. The number of hydrogen-bond donors (Lipinski definition) is 0. The van der Waals surface area contributed by atoms with Crippen molar-refractivity contribution in [3.8, 4) is 0 Å². The quantitative estimate of drug-likeness (QED) is 0.735. The van der Waals surface area contributed by atoms with Crippen molar-refractivity contribution < 1.29 is 14.3 Å². The first-order valence-electron chi connectivity index (χ1n) is 4.43. The molecule has 82 valence electrons. The highest BCUT2D eigenvalue weighted by molar-refractivity contribution is 7.13. The van der Waals surface area contributed by atoms with E-state index >= 15 is 0 Å². The summed E-state index contributed by atoms with van der Waals surface area (Å²) in [6, 6.07) is 3.54. The van der Waals surface area contributed by atoms with Crippen molar-refractivity contribution in [2.24, 2.45) is 0 Å². The van der Waals surface area contributed by atoms with Crippen LogP contribution >= 0.6 is 11.3 Å². The zero-order chi connectivity index (χ0) is 11.4. The van der Waals surface area contributed by atoms with E-state index in [-0.39, 0.29) is 11.9 Å². The second-order valence-electron chi connectivity index (χ2n) is 3.13. The van der Waals surface area contributed by atoms with Crippen molar-refractivity contribution >= 4 is 23.2 Å². The summed E-state index contributed by atoms with van der Waals surface area (Å²) in [7, 11) is 3.07. The largest absolute Gasteiger partial charge is 0.465 e. The van der Waals surface area contributed by atoms with Crippen LogP contribution in [0.3, 0.4) is 0 Å². The number of nitrogens with zero attached hydrogens (tertiary/aromatic N) is 1. The Morgan fingerprint density at radius 1 is 1.47 bits per heavy atom. The molecule has 0 saturated heterocycles. The summed E-state index contributed by atoms with van der Waals surface area (Å²) in [6.07, 6.45) is 0. The van der Waals surface area contributed by atoms with Crippen molar-refractivity contribution in [2.75, 3.05) is 14.2 Å². The van der Waals surface area contributed by atoms with Crippen molar-refractivity contribution in [3.63, 3.8) is 0 Å². The lowest BCUT2D eigenvalue weighted by Gasteiger charge is -2.12. The number of ether oxygens (including phenoxy) is 1. The Hall–Kier alpha value is -1.36. The molecular formula is C10H13NO3S. The van der Waals surface area contributed by atoms with Crippen LogP contribution in [0, 0.1) is 0 Å². The fraction of sp³-hybridized carbons (Fsp3) is 0.400. The van der Waals surface area contributed by atoms with Gasteiger partial charge < -0.3 is 9.64 Å². The molecule has 1 heterocycles. The molecule has 0 unspecified atom stereocenters. The number of esters is 1. The molecule has 0 aliphatic carbocycles. The standard InChI is InChI=1S/C10H13NO3S/c1-7(12)11(2)6-8-4-5-9(15-8)10(13)14-3/h4-5H,6H2,1-3H3. The molecule has 0 saturated carbocycles. The van der Waals surface area contributed by atoms with Crippen LogP contribution in [0.5, 0.6) is 0 Å². The minimum Gasteiger partial charge on any atom is -0.465 e. The van der Waals surface area contributed by atoms with Gasteiger partial charge in [-0.2, -0.15) is 0 Å². The molecule has 1 amide bonds. The molecule has 0 spiro atoms. The van der Waals surface area contributed by atoms with E-state index in [9.17, 15) is 9.59 Å². The van der Waals surface area contributed by atoms with Crippen LogP contribution in [0.15, 0.2) is 12.1 Å². The monoisotopic (exact) mass is 227 g/mol. The Morgan fingerprint density at radius 3 is 2.67 bits per heavy atom. The molecule has 15 heavy (non-hydrogen) atoms. The van der Waals surface area contributed by atoms with E-state index in [1.54, 1.807) is 18.0 Å². The summed E-state index contributed by atoms with van der Waals surface area (Å²) in [5.74, 6) is -0.334. The van der Waals surface area contributed by atoms with Crippen LogP contribution in [-0.4, -0.2) is 30.9 Å². The lowest BCUT2D eigenvalue weighted by molar-refractivity contribution is -0.128. The Bertz CT molecular complexity index is 372. The van der Waals surface area contributed by atoms with E-state index in [4.69, 9.17) is 0 Å². The van der Waals surface area contributed by atoms with Crippen LogP contribution in [0.25, 0.3) is 0 Å². The van der Waals surface area contributed by atoms with Gasteiger partial charge in [0.15, 0.2) is 0 Å². The van der Waals surface area contributed by atoms with Crippen LogP contribution in [-0.2, 0) is 16.1 Å². The van der Waals surface area contributed by atoms with Gasteiger partial charge in [-0.1, -0.05) is 0 Å².